The molecule has 16 heavy (non-hydrogen) atoms. The number of hydrogen-bond donors (Lipinski definition) is 1. The van der Waals surface area contributed by atoms with Crippen molar-refractivity contribution in [2.24, 2.45) is 0 Å². The van der Waals surface area contributed by atoms with E-state index >= 15 is 0 Å². The van der Waals surface area contributed by atoms with Crippen molar-refractivity contribution < 1.29 is 9.50 Å². The van der Waals surface area contributed by atoms with Gasteiger partial charge in [0.05, 0.1) is 18.2 Å². The van der Waals surface area contributed by atoms with E-state index in [1.54, 1.807) is 7.05 Å². The standard InChI is InChI=1S/C12H15FN2O/c1-9(8-16)15(2)7-11-5-10(6-14)3-4-12(11)13/h3-5,9,16H,7-8H2,1-2H3. The lowest BCUT2D eigenvalue weighted by molar-refractivity contribution is 0.153. The Morgan fingerprint density at radius 1 is 1.56 bits per heavy atom. The van der Waals surface area contributed by atoms with Gasteiger partial charge >= 0.3 is 0 Å². The van der Waals surface area contributed by atoms with Gasteiger partial charge in [0, 0.05) is 18.2 Å². The highest BCUT2D eigenvalue weighted by atomic mass is 19.1. The Morgan fingerprint density at radius 3 is 2.81 bits per heavy atom. The van der Waals surface area contributed by atoms with E-state index in [0.717, 1.165) is 0 Å². The molecule has 0 aliphatic carbocycles. The molecule has 1 atom stereocenters. The Morgan fingerprint density at radius 2 is 2.25 bits per heavy atom. The summed E-state index contributed by atoms with van der Waals surface area (Å²) in [5.74, 6) is -0.323. The van der Waals surface area contributed by atoms with Crippen molar-refractivity contribution in [3.63, 3.8) is 0 Å². The zero-order valence-corrected chi connectivity index (χ0v) is 9.44. The van der Waals surface area contributed by atoms with Gasteiger partial charge in [-0.15, -0.1) is 0 Å². The van der Waals surface area contributed by atoms with Gasteiger partial charge in [-0.25, -0.2) is 4.39 Å². The normalized spacial score (nSPS) is 12.5. The number of benzene rings is 1. The third-order valence-corrected chi connectivity index (χ3v) is 2.61. The van der Waals surface area contributed by atoms with Crippen LogP contribution in [0.25, 0.3) is 0 Å². The first-order chi connectivity index (χ1) is 7.58. The maximum Gasteiger partial charge on any atom is 0.127 e. The minimum Gasteiger partial charge on any atom is -0.395 e. The zero-order valence-electron chi connectivity index (χ0n) is 9.44. The molecule has 0 heterocycles. The molecule has 0 spiro atoms. The summed E-state index contributed by atoms with van der Waals surface area (Å²) >= 11 is 0. The topological polar surface area (TPSA) is 47.3 Å². The molecule has 1 aromatic rings. The molecule has 0 aliphatic rings. The third kappa shape index (κ3) is 3.02. The molecule has 0 aromatic heterocycles. The van der Waals surface area contributed by atoms with E-state index < -0.39 is 0 Å². The fourth-order valence-corrected chi connectivity index (χ4v) is 1.33. The Labute approximate surface area is 94.7 Å². The SMILES string of the molecule is CC(CO)N(C)Cc1cc(C#N)ccc1F. The summed E-state index contributed by atoms with van der Waals surface area (Å²) in [5, 5.41) is 17.7. The summed E-state index contributed by atoms with van der Waals surface area (Å²) in [6.07, 6.45) is 0. The number of hydrogen-bond acceptors (Lipinski definition) is 3. The molecular formula is C12H15FN2O. The van der Waals surface area contributed by atoms with Crippen LogP contribution < -0.4 is 0 Å². The van der Waals surface area contributed by atoms with Crippen LogP contribution >= 0.6 is 0 Å². The molecule has 0 fully saturated rings. The highest BCUT2D eigenvalue weighted by Crippen LogP contribution is 2.13. The Hall–Kier alpha value is -1.44. The first-order valence-corrected chi connectivity index (χ1v) is 5.08. The molecule has 1 aromatic carbocycles. The molecule has 1 N–H and O–H groups in total. The first-order valence-electron chi connectivity index (χ1n) is 5.08. The lowest BCUT2D eigenvalue weighted by Gasteiger charge is -2.23. The van der Waals surface area contributed by atoms with Crippen LogP contribution in [0.4, 0.5) is 4.39 Å². The van der Waals surface area contributed by atoms with E-state index in [1.165, 1.54) is 18.2 Å². The van der Waals surface area contributed by atoms with E-state index in [0.29, 0.717) is 17.7 Å². The second-order valence-corrected chi connectivity index (χ2v) is 3.86. The van der Waals surface area contributed by atoms with Crippen molar-refractivity contribution >= 4 is 0 Å². The molecule has 0 saturated heterocycles. The summed E-state index contributed by atoms with van der Waals surface area (Å²) in [6, 6.07) is 6.23. The second kappa shape index (κ2) is 5.59. The Balaban J connectivity index is 2.84. The molecule has 4 heteroatoms. The molecule has 3 nitrogen and oxygen atoms in total. The van der Waals surface area contributed by atoms with Gasteiger partial charge in [-0.1, -0.05) is 0 Å². The van der Waals surface area contributed by atoms with Gasteiger partial charge in [-0.3, -0.25) is 4.90 Å². The quantitative estimate of drug-likeness (QED) is 0.840. The monoisotopic (exact) mass is 222 g/mol. The fourth-order valence-electron chi connectivity index (χ4n) is 1.33. The van der Waals surface area contributed by atoms with Gasteiger partial charge in [0.1, 0.15) is 5.82 Å². The van der Waals surface area contributed by atoms with Crippen molar-refractivity contribution in [3.05, 3.63) is 35.1 Å². The van der Waals surface area contributed by atoms with Crippen LogP contribution in [0.2, 0.25) is 0 Å². The number of likely N-dealkylation sites (N-methyl/N-ethyl adjacent to an activating group) is 1. The van der Waals surface area contributed by atoms with Crippen molar-refractivity contribution in [1.82, 2.24) is 4.90 Å². The Kier molecular flexibility index (Phi) is 4.41. The van der Waals surface area contributed by atoms with E-state index in [-0.39, 0.29) is 18.5 Å². The average Bonchev–Trinajstić information content (AvgIpc) is 2.30. The molecule has 0 aliphatic heterocycles. The van der Waals surface area contributed by atoms with Gasteiger partial charge in [-0.05, 0) is 32.2 Å². The van der Waals surface area contributed by atoms with Crippen LogP contribution in [0.15, 0.2) is 18.2 Å². The van der Waals surface area contributed by atoms with Crippen LogP contribution in [0.5, 0.6) is 0 Å². The molecule has 1 rings (SSSR count). The van der Waals surface area contributed by atoms with Crippen molar-refractivity contribution in [2.75, 3.05) is 13.7 Å². The largest absolute Gasteiger partial charge is 0.395 e. The van der Waals surface area contributed by atoms with Crippen LogP contribution in [0.1, 0.15) is 18.1 Å². The maximum atomic E-state index is 13.4. The highest BCUT2D eigenvalue weighted by Gasteiger charge is 2.11. The number of nitriles is 1. The maximum absolute atomic E-state index is 13.4. The van der Waals surface area contributed by atoms with Crippen LogP contribution in [0, 0.1) is 17.1 Å². The van der Waals surface area contributed by atoms with E-state index in [1.807, 2.05) is 17.9 Å². The number of rotatable bonds is 4. The summed E-state index contributed by atoms with van der Waals surface area (Å²) in [7, 11) is 1.80. The van der Waals surface area contributed by atoms with Crippen LogP contribution in [0.3, 0.4) is 0 Å². The first kappa shape index (κ1) is 12.6. The predicted molar refractivity (Wildman–Crippen MR) is 59.1 cm³/mol. The van der Waals surface area contributed by atoms with Gasteiger partial charge in [0.2, 0.25) is 0 Å². The summed E-state index contributed by atoms with van der Waals surface area (Å²) in [6.45, 7) is 2.26. The van der Waals surface area contributed by atoms with E-state index in [2.05, 4.69) is 0 Å². The van der Waals surface area contributed by atoms with E-state index in [4.69, 9.17) is 10.4 Å². The number of halogens is 1. The molecule has 0 bridgehead atoms. The fraction of sp³-hybridized carbons (Fsp3) is 0.417. The lowest BCUT2D eigenvalue weighted by Crippen LogP contribution is -2.31. The Bertz CT molecular complexity index is 400. The molecular weight excluding hydrogens is 207 g/mol. The molecule has 0 saturated carbocycles. The van der Waals surface area contributed by atoms with Crippen LogP contribution in [-0.4, -0.2) is 29.7 Å². The van der Waals surface area contributed by atoms with Gasteiger partial charge < -0.3 is 5.11 Å². The third-order valence-electron chi connectivity index (χ3n) is 2.61. The van der Waals surface area contributed by atoms with Crippen molar-refractivity contribution in [2.45, 2.75) is 19.5 Å². The summed E-state index contributed by atoms with van der Waals surface area (Å²) < 4.78 is 13.4. The van der Waals surface area contributed by atoms with Crippen molar-refractivity contribution in [1.29, 1.82) is 5.26 Å². The predicted octanol–water partition coefficient (Wildman–Crippen LogP) is 1.51. The molecule has 86 valence electrons. The van der Waals surface area contributed by atoms with Gasteiger partial charge in [0.25, 0.3) is 0 Å². The molecule has 1 unspecified atom stereocenters. The molecule has 0 amide bonds. The van der Waals surface area contributed by atoms with Gasteiger partial charge in [0.15, 0.2) is 0 Å². The van der Waals surface area contributed by atoms with Gasteiger partial charge in [-0.2, -0.15) is 5.26 Å². The average molecular weight is 222 g/mol. The highest BCUT2D eigenvalue weighted by molar-refractivity contribution is 5.33. The zero-order chi connectivity index (χ0) is 12.1. The minimum atomic E-state index is -0.323. The molecule has 0 radical (unpaired) electrons. The number of aliphatic hydroxyl groups is 1. The smallest absolute Gasteiger partial charge is 0.127 e. The van der Waals surface area contributed by atoms with Crippen molar-refractivity contribution in [3.8, 4) is 6.07 Å². The number of nitrogens with zero attached hydrogens (tertiary/aromatic N) is 2. The summed E-state index contributed by atoms with van der Waals surface area (Å²) in [4.78, 5) is 1.83. The van der Waals surface area contributed by atoms with E-state index in [9.17, 15) is 4.39 Å². The minimum absolute atomic E-state index is 0.0239. The number of aliphatic hydroxyl groups excluding tert-OH is 1. The van der Waals surface area contributed by atoms with Crippen LogP contribution in [-0.2, 0) is 6.54 Å². The second-order valence-electron chi connectivity index (χ2n) is 3.86. The summed E-state index contributed by atoms with van der Waals surface area (Å²) in [5.41, 5.74) is 0.920. The lowest BCUT2D eigenvalue weighted by atomic mass is 10.1.